The van der Waals surface area contributed by atoms with Crippen molar-refractivity contribution in [3.8, 4) is 0 Å². The lowest BCUT2D eigenvalue weighted by Crippen LogP contribution is -2.11. The lowest BCUT2D eigenvalue weighted by atomic mass is 9.86. The van der Waals surface area contributed by atoms with E-state index in [0.717, 1.165) is 16.5 Å². The van der Waals surface area contributed by atoms with Crippen molar-refractivity contribution < 1.29 is 4.42 Å². The van der Waals surface area contributed by atoms with Gasteiger partial charge < -0.3 is 4.42 Å². The van der Waals surface area contributed by atoms with Crippen LogP contribution >= 0.6 is 15.9 Å². The average molecular weight is 295 g/mol. The molecule has 2 aromatic rings. The predicted octanol–water partition coefficient (Wildman–Crippen LogP) is 4.16. The highest BCUT2D eigenvalue weighted by Crippen LogP contribution is 2.28. The van der Waals surface area contributed by atoms with Crippen LogP contribution in [0.4, 0.5) is 0 Å². The van der Waals surface area contributed by atoms with Crippen LogP contribution in [0.25, 0.3) is 11.0 Å². The summed E-state index contributed by atoms with van der Waals surface area (Å²) < 4.78 is 5.81. The van der Waals surface area contributed by atoms with Gasteiger partial charge in [0.1, 0.15) is 10.1 Å². The van der Waals surface area contributed by atoms with Crippen LogP contribution in [0.3, 0.4) is 0 Å². The molecule has 0 atom stereocenters. The van der Waals surface area contributed by atoms with Gasteiger partial charge in [0.15, 0.2) is 0 Å². The first-order valence-electron chi connectivity index (χ1n) is 5.54. The summed E-state index contributed by atoms with van der Waals surface area (Å²) in [6, 6.07) is 6.05. The Labute approximate surface area is 109 Å². The van der Waals surface area contributed by atoms with Gasteiger partial charge in [-0.3, -0.25) is 0 Å². The largest absolute Gasteiger partial charge is 0.422 e. The van der Waals surface area contributed by atoms with Crippen molar-refractivity contribution >= 4 is 26.9 Å². The van der Waals surface area contributed by atoms with E-state index in [1.807, 2.05) is 19.1 Å². The molecule has 0 amide bonds. The molecule has 0 N–H and O–H groups in total. The third-order valence-electron chi connectivity index (χ3n) is 2.96. The number of halogens is 1. The highest BCUT2D eigenvalue weighted by molar-refractivity contribution is 9.10. The zero-order valence-corrected chi connectivity index (χ0v) is 12.0. The van der Waals surface area contributed by atoms with Crippen LogP contribution in [-0.2, 0) is 5.41 Å². The van der Waals surface area contributed by atoms with Crippen molar-refractivity contribution in [3.05, 3.63) is 44.2 Å². The number of aryl methyl sites for hydroxylation is 1. The summed E-state index contributed by atoms with van der Waals surface area (Å²) in [7, 11) is 0. The number of benzene rings is 1. The topological polar surface area (TPSA) is 30.2 Å². The minimum Gasteiger partial charge on any atom is -0.422 e. The molecule has 0 fully saturated rings. The number of fused-ring (bicyclic) bond motifs is 1. The van der Waals surface area contributed by atoms with E-state index in [0.29, 0.717) is 10.1 Å². The Hall–Kier alpha value is -1.09. The van der Waals surface area contributed by atoms with Gasteiger partial charge in [-0.2, -0.15) is 0 Å². The first-order valence-corrected chi connectivity index (χ1v) is 6.33. The first-order chi connectivity index (χ1) is 7.80. The molecular weight excluding hydrogens is 280 g/mol. The van der Waals surface area contributed by atoms with E-state index in [1.54, 1.807) is 0 Å². The quantitative estimate of drug-likeness (QED) is 0.683. The van der Waals surface area contributed by atoms with Crippen LogP contribution in [0.5, 0.6) is 0 Å². The van der Waals surface area contributed by atoms with E-state index in [9.17, 15) is 4.79 Å². The molecule has 0 aliphatic heterocycles. The first kappa shape index (κ1) is 12.4. The SMILES string of the molecule is Cc1c(Br)c(=O)oc2cc(C(C)(C)C)ccc12. The molecule has 0 bridgehead atoms. The minimum absolute atomic E-state index is 0.0493. The van der Waals surface area contributed by atoms with Gasteiger partial charge in [-0.1, -0.05) is 32.9 Å². The van der Waals surface area contributed by atoms with Crippen molar-refractivity contribution in [2.24, 2.45) is 0 Å². The van der Waals surface area contributed by atoms with Gasteiger partial charge in [-0.05, 0) is 45.5 Å². The van der Waals surface area contributed by atoms with Gasteiger partial charge in [-0.15, -0.1) is 0 Å². The fraction of sp³-hybridized carbons (Fsp3) is 0.357. The van der Waals surface area contributed by atoms with E-state index < -0.39 is 0 Å². The highest BCUT2D eigenvalue weighted by atomic mass is 79.9. The minimum atomic E-state index is -0.318. The number of hydrogen-bond acceptors (Lipinski definition) is 2. The van der Waals surface area contributed by atoms with Crippen LogP contribution in [0.1, 0.15) is 31.9 Å². The Balaban J connectivity index is 2.81. The van der Waals surface area contributed by atoms with Crippen molar-refractivity contribution in [1.82, 2.24) is 0 Å². The summed E-state index contributed by atoms with van der Waals surface area (Å²) in [6.45, 7) is 8.33. The molecule has 0 aliphatic carbocycles. The average Bonchev–Trinajstić information content (AvgIpc) is 2.24. The molecule has 0 unspecified atom stereocenters. The standard InChI is InChI=1S/C14H15BrO2/c1-8-10-6-5-9(14(2,3)4)7-11(10)17-13(16)12(8)15/h5-7H,1-4H3. The second-order valence-electron chi connectivity index (χ2n) is 5.29. The van der Waals surface area contributed by atoms with Gasteiger partial charge in [0.2, 0.25) is 0 Å². The summed E-state index contributed by atoms with van der Waals surface area (Å²) in [5, 5.41) is 0.976. The Morgan fingerprint density at radius 1 is 1.24 bits per heavy atom. The Morgan fingerprint density at radius 2 is 1.88 bits per heavy atom. The summed E-state index contributed by atoms with van der Waals surface area (Å²) in [4.78, 5) is 11.6. The summed E-state index contributed by atoms with van der Waals surface area (Å²) in [5.41, 5.74) is 2.48. The van der Waals surface area contributed by atoms with E-state index in [4.69, 9.17) is 4.42 Å². The van der Waals surface area contributed by atoms with Crippen molar-refractivity contribution in [3.63, 3.8) is 0 Å². The molecule has 2 nitrogen and oxygen atoms in total. The lowest BCUT2D eigenvalue weighted by molar-refractivity contribution is 0.548. The maximum Gasteiger partial charge on any atom is 0.350 e. The zero-order chi connectivity index (χ0) is 12.8. The fourth-order valence-electron chi connectivity index (χ4n) is 1.80. The van der Waals surface area contributed by atoms with E-state index in [1.165, 1.54) is 0 Å². The molecule has 17 heavy (non-hydrogen) atoms. The van der Waals surface area contributed by atoms with Gasteiger partial charge in [0.05, 0.1) is 0 Å². The zero-order valence-electron chi connectivity index (χ0n) is 10.4. The van der Waals surface area contributed by atoms with E-state index in [-0.39, 0.29) is 11.0 Å². The third-order valence-corrected chi connectivity index (χ3v) is 3.88. The van der Waals surface area contributed by atoms with Crippen molar-refractivity contribution in [2.45, 2.75) is 33.1 Å². The third kappa shape index (κ3) is 2.16. The molecule has 0 saturated heterocycles. The van der Waals surface area contributed by atoms with E-state index in [2.05, 4.69) is 42.8 Å². The predicted molar refractivity (Wildman–Crippen MR) is 73.6 cm³/mol. The maximum atomic E-state index is 11.6. The van der Waals surface area contributed by atoms with E-state index >= 15 is 0 Å². The molecule has 1 heterocycles. The molecule has 0 radical (unpaired) electrons. The molecule has 2 rings (SSSR count). The molecular formula is C14H15BrO2. The number of hydrogen-bond donors (Lipinski definition) is 0. The lowest BCUT2D eigenvalue weighted by Gasteiger charge is -2.19. The molecule has 1 aromatic carbocycles. The Bertz CT molecular complexity index is 633. The number of rotatable bonds is 0. The summed E-state index contributed by atoms with van der Waals surface area (Å²) in [6.07, 6.45) is 0. The van der Waals surface area contributed by atoms with Crippen molar-refractivity contribution in [2.75, 3.05) is 0 Å². The molecule has 0 aliphatic rings. The smallest absolute Gasteiger partial charge is 0.350 e. The molecule has 1 aromatic heterocycles. The summed E-state index contributed by atoms with van der Waals surface area (Å²) >= 11 is 3.25. The second kappa shape index (κ2) is 3.98. The molecule has 0 spiro atoms. The van der Waals surface area contributed by atoms with Crippen molar-refractivity contribution in [1.29, 1.82) is 0 Å². The Morgan fingerprint density at radius 3 is 2.47 bits per heavy atom. The van der Waals surface area contributed by atoms with Gasteiger partial charge in [-0.25, -0.2) is 4.79 Å². The van der Waals surface area contributed by atoms with Crippen LogP contribution in [0.2, 0.25) is 0 Å². The van der Waals surface area contributed by atoms with Crippen LogP contribution in [-0.4, -0.2) is 0 Å². The monoisotopic (exact) mass is 294 g/mol. The Kier molecular flexibility index (Phi) is 2.90. The molecule has 90 valence electrons. The molecule has 0 saturated carbocycles. The molecule has 3 heteroatoms. The second-order valence-corrected chi connectivity index (χ2v) is 6.08. The van der Waals surface area contributed by atoms with Crippen LogP contribution in [0.15, 0.2) is 31.9 Å². The highest BCUT2D eigenvalue weighted by Gasteiger charge is 2.16. The summed E-state index contributed by atoms with van der Waals surface area (Å²) in [5.74, 6) is 0. The van der Waals surface area contributed by atoms with Gasteiger partial charge >= 0.3 is 5.63 Å². The van der Waals surface area contributed by atoms with Crippen LogP contribution < -0.4 is 5.63 Å². The van der Waals surface area contributed by atoms with Crippen LogP contribution in [0, 0.1) is 6.92 Å². The normalized spacial score (nSPS) is 12.1. The maximum absolute atomic E-state index is 11.6. The van der Waals surface area contributed by atoms with Gasteiger partial charge in [0, 0.05) is 5.39 Å². The fourth-order valence-corrected chi connectivity index (χ4v) is 2.09. The van der Waals surface area contributed by atoms with Gasteiger partial charge in [0.25, 0.3) is 0 Å².